The topological polar surface area (TPSA) is 66.9 Å². The predicted octanol–water partition coefficient (Wildman–Crippen LogP) is 2.33. The summed E-state index contributed by atoms with van der Waals surface area (Å²) < 4.78 is 11.8. The molecule has 0 aromatic heterocycles. The number of halogens is 1. The van der Waals surface area contributed by atoms with Crippen molar-refractivity contribution in [2.75, 3.05) is 11.5 Å². The minimum absolute atomic E-state index is 0.408. The molecule has 1 aromatic carbocycles. The molecule has 0 amide bonds. The maximum absolute atomic E-state index is 11.8. The Morgan fingerprint density at radius 3 is 2.93 bits per heavy atom. The van der Waals surface area contributed by atoms with Crippen LogP contribution >= 0.6 is 11.6 Å². The van der Waals surface area contributed by atoms with Crippen molar-refractivity contribution in [1.29, 1.82) is 5.26 Å². The number of anilines is 1. The Morgan fingerprint density at radius 1 is 1.53 bits per heavy atom. The number of benzene rings is 1. The highest BCUT2D eigenvalue weighted by Gasteiger charge is 2.08. The van der Waals surface area contributed by atoms with Gasteiger partial charge in [-0.3, -0.25) is 4.21 Å². The molecular formula is C10H11ClN2OS. The van der Waals surface area contributed by atoms with Crippen LogP contribution in [0.3, 0.4) is 0 Å². The number of hydrogen-bond donors (Lipinski definition) is 1. The van der Waals surface area contributed by atoms with E-state index in [-0.39, 0.29) is 0 Å². The zero-order valence-corrected chi connectivity index (χ0v) is 9.64. The van der Waals surface area contributed by atoms with Crippen LogP contribution in [0.4, 0.5) is 5.69 Å². The summed E-state index contributed by atoms with van der Waals surface area (Å²) in [5.74, 6) is 0.441. The lowest BCUT2D eigenvalue weighted by Crippen LogP contribution is -1.99. The first-order valence-electron chi connectivity index (χ1n) is 4.45. The largest absolute Gasteiger partial charge is 0.399 e. The zero-order valence-electron chi connectivity index (χ0n) is 8.07. The number of nitrogens with zero attached hydrogens (tertiary/aromatic N) is 1. The molecule has 1 unspecified atom stereocenters. The van der Waals surface area contributed by atoms with Crippen molar-refractivity contribution in [3.05, 3.63) is 23.2 Å². The zero-order chi connectivity index (χ0) is 11.3. The van der Waals surface area contributed by atoms with E-state index in [0.717, 1.165) is 0 Å². The number of nitrogen functional groups attached to an aromatic ring is 1. The number of hydrogen-bond acceptors (Lipinski definition) is 3. The fourth-order valence-electron chi connectivity index (χ4n) is 1.09. The van der Waals surface area contributed by atoms with Gasteiger partial charge in [0.25, 0.3) is 0 Å². The molecule has 0 bridgehead atoms. The fraction of sp³-hybridized carbons (Fsp3) is 0.300. The summed E-state index contributed by atoms with van der Waals surface area (Å²) in [5, 5.41) is 8.81. The lowest BCUT2D eigenvalue weighted by atomic mass is 10.3. The van der Waals surface area contributed by atoms with E-state index in [0.29, 0.717) is 34.2 Å². The average Bonchev–Trinajstić information content (AvgIpc) is 2.22. The lowest BCUT2D eigenvalue weighted by Gasteiger charge is -2.04. The monoisotopic (exact) mass is 242 g/mol. The smallest absolute Gasteiger partial charge is 0.0622 e. The second-order valence-electron chi connectivity index (χ2n) is 3.00. The summed E-state index contributed by atoms with van der Waals surface area (Å²) >= 11 is 5.89. The van der Waals surface area contributed by atoms with Gasteiger partial charge in [0.2, 0.25) is 0 Å². The summed E-state index contributed by atoms with van der Waals surface area (Å²) in [6.45, 7) is 0. The molecule has 2 N–H and O–H groups in total. The number of unbranched alkanes of at least 4 members (excludes halogenated alkanes) is 1. The number of nitrogens with two attached hydrogens (primary N) is 1. The summed E-state index contributed by atoms with van der Waals surface area (Å²) in [6.07, 6.45) is 1.01. The molecule has 0 radical (unpaired) electrons. The van der Waals surface area contributed by atoms with Crippen molar-refractivity contribution in [2.24, 2.45) is 0 Å². The third-order valence-electron chi connectivity index (χ3n) is 1.82. The molecule has 0 saturated carbocycles. The Labute approximate surface area is 96.3 Å². The van der Waals surface area contributed by atoms with Crippen LogP contribution in [0.1, 0.15) is 12.8 Å². The van der Waals surface area contributed by atoms with Crippen molar-refractivity contribution in [2.45, 2.75) is 17.7 Å². The van der Waals surface area contributed by atoms with Crippen LogP contribution in [0.25, 0.3) is 0 Å². The van der Waals surface area contributed by atoms with Crippen LogP contribution in [-0.4, -0.2) is 9.96 Å². The van der Waals surface area contributed by atoms with Crippen LogP contribution < -0.4 is 5.73 Å². The van der Waals surface area contributed by atoms with Gasteiger partial charge in [0.1, 0.15) is 0 Å². The molecule has 15 heavy (non-hydrogen) atoms. The summed E-state index contributed by atoms with van der Waals surface area (Å²) in [4.78, 5) is 0.551. The molecule has 3 nitrogen and oxygen atoms in total. The van der Waals surface area contributed by atoms with Gasteiger partial charge in [-0.25, -0.2) is 0 Å². The molecule has 0 saturated heterocycles. The molecule has 0 aliphatic carbocycles. The fourth-order valence-corrected chi connectivity index (χ4v) is 2.64. The van der Waals surface area contributed by atoms with Gasteiger partial charge in [-0.05, 0) is 24.6 Å². The van der Waals surface area contributed by atoms with E-state index in [1.807, 2.05) is 6.07 Å². The van der Waals surface area contributed by atoms with E-state index in [1.165, 1.54) is 0 Å². The van der Waals surface area contributed by atoms with Gasteiger partial charge in [-0.1, -0.05) is 11.6 Å². The first kappa shape index (κ1) is 12.0. The third kappa shape index (κ3) is 3.54. The second-order valence-corrected chi connectivity index (χ2v) is 4.95. The molecule has 5 heteroatoms. The average molecular weight is 243 g/mol. The highest BCUT2D eigenvalue weighted by atomic mass is 35.5. The van der Waals surface area contributed by atoms with Gasteiger partial charge in [0.05, 0.1) is 26.8 Å². The Kier molecular flexibility index (Phi) is 4.60. The van der Waals surface area contributed by atoms with Crippen LogP contribution in [0.15, 0.2) is 23.1 Å². The van der Waals surface area contributed by atoms with E-state index < -0.39 is 10.8 Å². The SMILES string of the molecule is N#CCCCS(=O)c1cc(N)ccc1Cl. The summed E-state index contributed by atoms with van der Waals surface area (Å²) in [7, 11) is -1.17. The Hall–Kier alpha value is -1.05. The van der Waals surface area contributed by atoms with Gasteiger partial charge >= 0.3 is 0 Å². The lowest BCUT2D eigenvalue weighted by molar-refractivity contribution is 0.681. The third-order valence-corrected chi connectivity index (χ3v) is 3.75. The van der Waals surface area contributed by atoms with Crippen LogP contribution in [0.2, 0.25) is 5.02 Å². The highest BCUT2D eigenvalue weighted by Crippen LogP contribution is 2.22. The molecule has 0 heterocycles. The maximum atomic E-state index is 11.8. The summed E-state index contributed by atoms with van der Waals surface area (Å²) in [5.41, 5.74) is 6.12. The minimum atomic E-state index is -1.17. The first-order chi connectivity index (χ1) is 7.15. The standard InChI is InChI=1S/C10H11ClN2OS/c11-9-4-3-8(13)7-10(9)15(14)6-2-1-5-12/h3-4,7H,1-2,6,13H2. The number of nitriles is 1. The second kappa shape index (κ2) is 5.74. The van der Waals surface area contributed by atoms with Crippen LogP contribution in [-0.2, 0) is 10.8 Å². The molecule has 0 spiro atoms. The Morgan fingerprint density at radius 2 is 2.27 bits per heavy atom. The van der Waals surface area contributed by atoms with Crippen LogP contribution in [0, 0.1) is 11.3 Å². The van der Waals surface area contributed by atoms with E-state index in [4.69, 9.17) is 22.6 Å². The maximum Gasteiger partial charge on any atom is 0.0622 e. The normalized spacial score (nSPS) is 12.0. The van der Waals surface area contributed by atoms with Crippen molar-refractivity contribution >= 4 is 28.1 Å². The van der Waals surface area contributed by atoms with E-state index in [1.54, 1.807) is 18.2 Å². The Bertz CT molecular complexity index is 414. The van der Waals surface area contributed by atoms with Gasteiger partial charge in [-0.2, -0.15) is 5.26 Å². The first-order valence-corrected chi connectivity index (χ1v) is 6.15. The van der Waals surface area contributed by atoms with Gasteiger partial charge in [0.15, 0.2) is 0 Å². The molecule has 1 rings (SSSR count). The van der Waals surface area contributed by atoms with Gasteiger partial charge < -0.3 is 5.73 Å². The van der Waals surface area contributed by atoms with Crippen molar-refractivity contribution in [3.63, 3.8) is 0 Å². The van der Waals surface area contributed by atoms with E-state index in [9.17, 15) is 4.21 Å². The van der Waals surface area contributed by atoms with Crippen molar-refractivity contribution in [1.82, 2.24) is 0 Å². The van der Waals surface area contributed by atoms with Crippen LogP contribution in [0.5, 0.6) is 0 Å². The molecule has 0 fully saturated rings. The molecule has 0 aliphatic rings. The molecule has 0 aliphatic heterocycles. The molecular weight excluding hydrogens is 232 g/mol. The van der Waals surface area contributed by atoms with Crippen molar-refractivity contribution < 1.29 is 4.21 Å². The van der Waals surface area contributed by atoms with E-state index >= 15 is 0 Å². The van der Waals surface area contributed by atoms with Crippen molar-refractivity contribution in [3.8, 4) is 6.07 Å². The quantitative estimate of drug-likeness (QED) is 0.651. The minimum Gasteiger partial charge on any atom is -0.399 e. The molecule has 1 atom stereocenters. The van der Waals surface area contributed by atoms with Gasteiger partial charge in [-0.15, -0.1) is 0 Å². The predicted molar refractivity (Wildman–Crippen MR) is 62.0 cm³/mol. The molecule has 1 aromatic rings. The summed E-state index contributed by atoms with van der Waals surface area (Å²) in [6, 6.07) is 6.92. The van der Waals surface area contributed by atoms with E-state index in [2.05, 4.69) is 0 Å². The van der Waals surface area contributed by atoms with Gasteiger partial charge in [0, 0.05) is 17.9 Å². The number of rotatable bonds is 4. The highest BCUT2D eigenvalue weighted by molar-refractivity contribution is 7.85. The Balaban J connectivity index is 2.73. The molecule has 80 valence electrons.